The first kappa shape index (κ1) is 20.5. The summed E-state index contributed by atoms with van der Waals surface area (Å²) in [6.07, 6.45) is 3.10. The van der Waals surface area contributed by atoms with Crippen LogP contribution in [0.2, 0.25) is 0 Å². The van der Waals surface area contributed by atoms with E-state index in [1.54, 1.807) is 4.90 Å². The van der Waals surface area contributed by atoms with Crippen molar-refractivity contribution in [3.63, 3.8) is 0 Å². The molecule has 1 saturated heterocycles. The minimum absolute atomic E-state index is 0.0141. The van der Waals surface area contributed by atoms with Gasteiger partial charge in [-0.2, -0.15) is 0 Å². The zero-order chi connectivity index (χ0) is 20.4. The van der Waals surface area contributed by atoms with Crippen LogP contribution in [0.1, 0.15) is 56.2 Å². The Morgan fingerprint density at radius 2 is 2.07 bits per heavy atom. The van der Waals surface area contributed by atoms with Gasteiger partial charge in [-0.15, -0.1) is 0 Å². The van der Waals surface area contributed by atoms with E-state index in [1.165, 1.54) is 0 Å². The second-order valence-electron chi connectivity index (χ2n) is 8.18. The summed E-state index contributed by atoms with van der Waals surface area (Å²) in [4.78, 5) is 50.8. The number of hydrogen-bond donors (Lipinski definition) is 1. The maximum atomic E-state index is 12.8. The minimum Gasteiger partial charge on any atom is -0.337 e. The number of aromatic amines is 1. The van der Waals surface area contributed by atoms with Crippen LogP contribution in [0, 0.1) is 5.92 Å². The molecular weight excluding hydrogens is 358 g/mol. The van der Waals surface area contributed by atoms with Gasteiger partial charge in [0.05, 0.1) is 30.4 Å². The average Bonchev–Trinajstić information content (AvgIpc) is 3.15. The number of amides is 2. The number of rotatable bonds is 5. The topological polar surface area (TPSA) is 89.6 Å². The molecule has 0 saturated carbocycles. The number of likely N-dealkylation sites (N-methyl/N-ethyl adjacent to an activating group) is 1. The number of likely N-dealkylation sites (tertiary alicyclic amines) is 1. The fourth-order valence-corrected chi connectivity index (χ4v) is 3.96. The van der Waals surface area contributed by atoms with Crippen LogP contribution in [0.25, 0.3) is 0 Å². The second kappa shape index (κ2) is 8.43. The summed E-state index contributed by atoms with van der Waals surface area (Å²) >= 11 is 0. The average molecular weight is 390 g/mol. The van der Waals surface area contributed by atoms with Crippen molar-refractivity contribution in [3.8, 4) is 0 Å². The Labute approximate surface area is 165 Å². The molecule has 0 radical (unpaired) electrons. The molecule has 1 N–H and O–H groups in total. The third kappa shape index (κ3) is 4.11. The van der Waals surface area contributed by atoms with Crippen LogP contribution in [0.4, 0.5) is 0 Å². The number of hydrogen-bond acceptors (Lipinski definition) is 5. The predicted molar refractivity (Wildman–Crippen MR) is 106 cm³/mol. The molecule has 2 atom stereocenters. The van der Waals surface area contributed by atoms with E-state index >= 15 is 0 Å². The molecule has 2 amide bonds. The van der Waals surface area contributed by atoms with Gasteiger partial charge in [-0.05, 0) is 33.4 Å². The molecule has 1 aromatic rings. The Hall–Kier alpha value is -2.22. The molecule has 0 aromatic carbocycles. The highest BCUT2D eigenvalue weighted by Crippen LogP contribution is 2.31. The molecule has 0 aliphatic carbocycles. The van der Waals surface area contributed by atoms with Crippen LogP contribution in [-0.2, 0) is 22.6 Å². The third-order valence-electron chi connectivity index (χ3n) is 5.78. The molecule has 28 heavy (non-hydrogen) atoms. The standard InChI is InChI=1S/C20H31N5O3/c1-5-13(2)20(28)25-9-6-7-16(25)18-21-15-8-10-24(17(26)12-23(3)4)11-14(15)19(27)22-18/h13,16H,5-12H2,1-4H3,(H,21,22,27)/t13-,16+/m0/s1. The third-order valence-corrected chi connectivity index (χ3v) is 5.78. The normalized spacial score (nSPS) is 20.4. The van der Waals surface area contributed by atoms with Crippen molar-refractivity contribution in [2.24, 2.45) is 5.92 Å². The highest BCUT2D eigenvalue weighted by Gasteiger charge is 2.34. The fraction of sp³-hybridized carbons (Fsp3) is 0.700. The van der Waals surface area contributed by atoms with Crippen LogP contribution in [-0.4, -0.2) is 70.2 Å². The van der Waals surface area contributed by atoms with E-state index in [4.69, 9.17) is 4.98 Å². The number of nitrogens with zero attached hydrogens (tertiary/aromatic N) is 4. The number of nitrogens with one attached hydrogen (secondary N) is 1. The molecule has 154 valence electrons. The maximum absolute atomic E-state index is 12.8. The van der Waals surface area contributed by atoms with Crippen molar-refractivity contribution in [2.45, 2.75) is 52.1 Å². The van der Waals surface area contributed by atoms with Crippen LogP contribution < -0.4 is 5.56 Å². The van der Waals surface area contributed by atoms with E-state index in [9.17, 15) is 14.4 Å². The van der Waals surface area contributed by atoms with E-state index in [0.717, 1.165) is 25.0 Å². The lowest BCUT2D eigenvalue weighted by molar-refractivity contribution is -0.136. The Morgan fingerprint density at radius 1 is 1.32 bits per heavy atom. The van der Waals surface area contributed by atoms with Gasteiger partial charge in [0.1, 0.15) is 5.82 Å². The van der Waals surface area contributed by atoms with Crippen molar-refractivity contribution >= 4 is 11.8 Å². The summed E-state index contributed by atoms with van der Waals surface area (Å²) in [6, 6.07) is -0.159. The first-order valence-corrected chi connectivity index (χ1v) is 10.2. The number of aromatic nitrogens is 2. The Bertz CT molecular complexity index is 804. The molecule has 3 rings (SSSR count). The number of fused-ring (bicyclic) bond motifs is 1. The lowest BCUT2D eigenvalue weighted by Crippen LogP contribution is -2.43. The molecule has 2 aliphatic heterocycles. The summed E-state index contributed by atoms with van der Waals surface area (Å²) < 4.78 is 0. The van der Waals surface area contributed by atoms with Crippen molar-refractivity contribution in [1.29, 1.82) is 0 Å². The van der Waals surface area contributed by atoms with E-state index in [2.05, 4.69) is 4.98 Å². The first-order chi connectivity index (χ1) is 13.3. The number of carbonyl (C=O) groups excluding carboxylic acids is 2. The van der Waals surface area contributed by atoms with Gasteiger partial charge in [-0.1, -0.05) is 13.8 Å². The highest BCUT2D eigenvalue weighted by atomic mass is 16.2. The highest BCUT2D eigenvalue weighted by molar-refractivity contribution is 5.79. The van der Waals surface area contributed by atoms with Gasteiger partial charge in [0.15, 0.2) is 0 Å². The lowest BCUT2D eigenvalue weighted by Gasteiger charge is -2.30. The largest absolute Gasteiger partial charge is 0.337 e. The Balaban J connectivity index is 1.82. The summed E-state index contributed by atoms with van der Waals surface area (Å²) in [6.45, 7) is 5.85. The molecule has 2 aliphatic rings. The summed E-state index contributed by atoms with van der Waals surface area (Å²) in [5, 5.41) is 0. The van der Waals surface area contributed by atoms with E-state index in [-0.39, 0.29) is 29.3 Å². The monoisotopic (exact) mass is 389 g/mol. The van der Waals surface area contributed by atoms with E-state index < -0.39 is 0 Å². The smallest absolute Gasteiger partial charge is 0.256 e. The molecule has 0 unspecified atom stereocenters. The van der Waals surface area contributed by atoms with Crippen LogP contribution in [0.3, 0.4) is 0 Å². The van der Waals surface area contributed by atoms with Crippen molar-refractivity contribution < 1.29 is 9.59 Å². The lowest BCUT2D eigenvalue weighted by atomic mass is 10.0. The Morgan fingerprint density at radius 3 is 2.75 bits per heavy atom. The van der Waals surface area contributed by atoms with Crippen molar-refractivity contribution in [3.05, 3.63) is 27.4 Å². The predicted octanol–water partition coefficient (Wildman–Crippen LogP) is 0.926. The van der Waals surface area contributed by atoms with Crippen LogP contribution in [0.15, 0.2) is 4.79 Å². The number of H-pyrrole nitrogens is 1. The van der Waals surface area contributed by atoms with Gasteiger partial charge in [0.25, 0.3) is 5.56 Å². The minimum atomic E-state index is -0.190. The van der Waals surface area contributed by atoms with Crippen LogP contribution >= 0.6 is 0 Å². The maximum Gasteiger partial charge on any atom is 0.256 e. The van der Waals surface area contributed by atoms with Gasteiger partial charge in [0, 0.05) is 25.4 Å². The molecule has 8 nitrogen and oxygen atoms in total. The quantitative estimate of drug-likeness (QED) is 0.809. The number of carbonyl (C=O) groups is 2. The molecule has 8 heteroatoms. The molecule has 3 heterocycles. The van der Waals surface area contributed by atoms with E-state index in [1.807, 2.05) is 37.7 Å². The molecule has 1 fully saturated rings. The SMILES string of the molecule is CC[C@H](C)C(=O)N1CCC[C@@H]1c1nc2c(c(=O)[nH]1)CN(C(=O)CN(C)C)CC2. The molecule has 0 spiro atoms. The van der Waals surface area contributed by atoms with E-state index in [0.29, 0.717) is 44.0 Å². The summed E-state index contributed by atoms with van der Waals surface area (Å²) in [7, 11) is 3.70. The van der Waals surface area contributed by atoms with Gasteiger partial charge in [-0.25, -0.2) is 4.98 Å². The first-order valence-electron chi connectivity index (χ1n) is 10.2. The zero-order valence-corrected chi connectivity index (χ0v) is 17.3. The summed E-state index contributed by atoms with van der Waals surface area (Å²) in [5.41, 5.74) is 1.14. The van der Waals surface area contributed by atoms with Gasteiger partial charge in [0.2, 0.25) is 11.8 Å². The molecular formula is C20H31N5O3. The van der Waals surface area contributed by atoms with Crippen molar-refractivity contribution in [2.75, 3.05) is 33.7 Å². The van der Waals surface area contributed by atoms with Crippen molar-refractivity contribution in [1.82, 2.24) is 24.7 Å². The summed E-state index contributed by atoms with van der Waals surface area (Å²) in [5.74, 6) is 0.707. The zero-order valence-electron chi connectivity index (χ0n) is 17.3. The van der Waals surface area contributed by atoms with Gasteiger partial charge in [-0.3, -0.25) is 14.4 Å². The van der Waals surface area contributed by atoms with Gasteiger partial charge < -0.3 is 19.7 Å². The molecule has 0 bridgehead atoms. The van der Waals surface area contributed by atoms with Crippen LogP contribution in [0.5, 0.6) is 0 Å². The second-order valence-corrected chi connectivity index (χ2v) is 8.18. The fourth-order valence-electron chi connectivity index (χ4n) is 3.96. The molecule has 1 aromatic heterocycles. The Kier molecular flexibility index (Phi) is 6.17. The van der Waals surface area contributed by atoms with Gasteiger partial charge >= 0.3 is 0 Å².